The van der Waals surface area contributed by atoms with E-state index in [0.717, 1.165) is 0 Å². The van der Waals surface area contributed by atoms with E-state index in [-0.39, 0.29) is 22.7 Å². The summed E-state index contributed by atoms with van der Waals surface area (Å²) in [5.74, 6) is 0. The first-order chi connectivity index (χ1) is 9.43. The second kappa shape index (κ2) is 4.84. The lowest BCUT2D eigenvalue weighted by Gasteiger charge is -2.09. The summed E-state index contributed by atoms with van der Waals surface area (Å²) in [6.07, 6.45) is 0. The number of nitrogen functional groups attached to an aromatic ring is 2. The van der Waals surface area contributed by atoms with Gasteiger partial charge in [0.15, 0.2) is 0 Å². The van der Waals surface area contributed by atoms with Gasteiger partial charge < -0.3 is 11.5 Å². The van der Waals surface area contributed by atoms with Crippen molar-refractivity contribution in [3.8, 4) is 11.1 Å². The maximum atomic E-state index is 10.9. The van der Waals surface area contributed by atoms with Crippen molar-refractivity contribution in [2.45, 2.75) is 0 Å². The van der Waals surface area contributed by atoms with E-state index < -0.39 is 9.85 Å². The van der Waals surface area contributed by atoms with Crippen LogP contribution in [0.4, 0.5) is 22.7 Å². The maximum absolute atomic E-state index is 10.9. The molecule has 0 heterocycles. The number of hydrogen-bond donors (Lipinski definition) is 2. The van der Waals surface area contributed by atoms with Gasteiger partial charge in [0.05, 0.1) is 9.85 Å². The smallest absolute Gasteiger partial charge is 0.292 e. The Morgan fingerprint density at radius 3 is 1.40 bits per heavy atom. The van der Waals surface area contributed by atoms with Gasteiger partial charge in [0.25, 0.3) is 11.4 Å². The lowest BCUT2D eigenvalue weighted by atomic mass is 10.0. The van der Waals surface area contributed by atoms with E-state index in [0.29, 0.717) is 11.1 Å². The molecule has 2 aromatic rings. The number of rotatable bonds is 3. The van der Waals surface area contributed by atoms with Crippen molar-refractivity contribution in [2.75, 3.05) is 11.5 Å². The lowest BCUT2D eigenvalue weighted by Crippen LogP contribution is -2.01. The van der Waals surface area contributed by atoms with Crippen LogP contribution in [0.1, 0.15) is 0 Å². The van der Waals surface area contributed by atoms with Crippen molar-refractivity contribution in [2.24, 2.45) is 0 Å². The van der Waals surface area contributed by atoms with E-state index >= 15 is 0 Å². The Balaban J connectivity index is 2.70. The molecule has 0 aromatic heterocycles. The van der Waals surface area contributed by atoms with E-state index in [1.165, 1.54) is 36.4 Å². The van der Waals surface area contributed by atoms with Crippen LogP contribution in [0.25, 0.3) is 11.1 Å². The maximum Gasteiger partial charge on any atom is 0.292 e. The minimum Gasteiger partial charge on any atom is -0.393 e. The van der Waals surface area contributed by atoms with E-state index in [2.05, 4.69) is 0 Å². The molecule has 0 atom stereocenters. The Kier molecular flexibility index (Phi) is 3.21. The second-order valence-corrected chi connectivity index (χ2v) is 3.99. The van der Waals surface area contributed by atoms with E-state index in [9.17, 15) is 20.2 Å². The summed E-state index contributed by atoms with van der Waals surface area (Å²) in [7, 11) is 0. The highest BCUT2D eigenvalue weighted by Gasteiger charge is 2.20. The standard InChI is InChI=1S/C12H10N4O4/c13-11-7(3-1-5-9(11)15(17)18)8-4-2-6-10(12(8)14)16(19)20/h1-6H,13-14H2. The predicted molar refractivity (Wildman–Crippen MR) is 74.0 cm³/mol. The monoisotopic (exact) mass is 274 g/mol. The van der Waals surface area contributed by atoms with Crippen LogP contribution in [0.5, 0.6) is 0 Å². The Hall–Kier alpha value is -3.16. The third-order valence-electron chi connectivity index (χ3n) is 2.85. The van der Waals surface area contributed by atoms with Gasteiger partial charge in [0, 0.05) is 23.3 Å². The summed E-state index contributed by atoms with van der Waals surface area (Å²) in [6.45, 7) is 0. The molecular formula is C12H10N4O4. The first-order valence-electron chi connectivity index (χ1n) is 5.49. The molecule has 8 heteroatoms. The quantitative estimate of drug-likeness (QED) is 0.500. The Morgan fingerprint density at radius 1 is 0.750 bits per heavy atom. The minimum absolute atomic E-state index is 0.0790. The molecule has 4 N–H and O–H groups in total. The van der Waals surface area contributed by atoms with Gasteiger partial charge in [-0.25, -0.2) is 0 Å². The molecule has 20 heavy (non-hydrogen) atoms. The number of benzene rings is 2. The molecule has 0 spiro atoms. The summed E-state index contributed by atoms with van der Waals surface area (Å²) in [4.78, 5) is 20.5. The second-order valence-electron chi connectivity index (χ2n) is 3.99. The van der Waals surface area contributed by atoms with Crippen LogP contribution in [-0.2, 0) is 0 Å². The van der Waals surface area contributed by atoms with E-state index in [1.54, 1.807) is 0 Å². The highest BCUT2D eigenvalue weighted by atomic mass is 16.6. The fourth-order valence-electron chi connectivity index (χ4n) is 1.89. The van der Waals surface area contributed by atoms with Gasteiger partial charge in [-0.2, -0.15) is 0 Å². The molecule has 8 nitrogen and oxygen atoms in total. The number of nitro groups is 2. The number of para-hydroxylation sites is 2. The molecule has 2 rings (SSSR count). The largest absolute Gasteiger partial charge is 0.393 e. The van der Waals surface area contributed by atoms with Crippen LogP contribution in [0.15, 0.2) is 36.4 Å². The molecule has 0 saturated carbocycles. The number of hydrogen-bond acceptors (Lipinski definition) is 6. The van der Waals surface area contributed by atoms with Crippen molar-refractivity contribution >= 4 is 22.7 Å². The first kappa shape index (κ1) is 13.3. The van der Waals surface area contributed by atoms with Crippen LogP contribution in [0.3, 0.4) is 0 Å². The summed E-state index contributed by atoms with van der Waals surface area (Å²) in [5.41, 5.74) is 11.4. The van der Waals surface area contributed by atoms with Gasteiger partial charge in [-0.3, -0.25) is 20.2 Å². The average Bonchev–Trinajstić information content (AvgIpc) is 2.39. The highest BCUT2D eigenvalue weighted by Crippen LogP contribution is 2.38. The average molecular weight is 274 g/mol. The summed E-state index contributed by atoms with van der Waals surface area (Å²) in [5, 5.41) is 21.7. The number of nitrogens with two attached hydrogens (primary N) is 2. The van der Waals surface area contributed by atoms with Crippen LogP contribution in [-0.4, -0.2) is 9.85 Å². The van der Waals surface area contributed by atoms with Crippen molar-refractivity contribution in [3.05, 3.63) is 56.6 Å². The first-order valence-corrected chi connectivity index (χ1v) is 5.49. The number of anilines is 2. The normalized spacial score (nSPS) is 10.2. The zero-order valence-corrected chi connectivity index (χ0v) is 10.1. The minimum atomic E-state index is -0.619. The third kappa shape index (κ3) is 2.09. The van der Waals surface area contributed by atoms with Crippen LogP contribution < -0.4 is 11.5 Å². The van der Waals surface area contributed by atoms with Gasteiger partial charge in [-0.15, -0.1) is 0 Å². The van der Waals surface area contributed by atoms with Crippen LogP contribution in [0.2, 0.25) is 0 Å². The summed E-state index contributed by atoms with van der Waals surface area (Å²) < 4.78 is 0. The fourth-order valence-corrected chi connectivity index (χ4v) is 1.89. The summed E-state index contributed by atoms with van der Waals surface area (Å²) >= 11 is 0. The highest BCUT2D eigenvalue weighted by molar-refractivity contribution is 5.91. The van der Waals surface area contributed by atoms with Crippen LogP contribution in [0, 0.1) is 20.2 Å². The molecule has 102 valence electrons. The van der Waals surface area contributed by atoms with Crippen molar-refractivity contribution < 1.29 is 9.85 Å². The van der Waals surface area contributed by atoms with Crippen LogP contribution >= 0.6 is 0 Å². The van der Waals surface area contributed by atoms with Crippen molar-refractivity contribution in [3.63, 3.8) is 0 Å². The van der Waals surface area contributed by atoms with Gasteiger partial charge in [-0.1, -0.05) is 24.3 Å². The molecule has 2 aromatic carbocycles. The van der Waals surface area contributed by atoms with Gasteiger partial charge in [0.1, 0.15) is 11.4 Å². The van der Waals surface area contributed by atoms with Gasteiger partial charge in [-0.05, 0) is 0 Å². The molecule has 0 bridgehead atoms. The lowest BCUT2D eigenvalue weighted by molar-refractivity contribution is -0.384. The Labute approximate surface area is 112 Å². The molecule has 0 aliphatic rings. The predicted octanol–water partition coefficient (Wildman–Crippen LogP) is 2.33. The molecule has 0 saturated heterocycles. The van der Waals surface area contributed by atoms with Crippen molar-refractivity contribution in [1.29, 1.82) is 0 Å². The molecule has 0 amide bonds. The molecule has 0 fully saturated rings. The zero-order chi connectivity index (χ0) is 14.9. The molecule has 0 radical (unpaired) electrons. The Bertz CT molecular complexity index is 653. The Morgan fingerprint density at radius 2 is 1.10 bits per heavy atom. The summed E-state index contributed by atoms with van der Waals surface area (Å²) in [6, 6.07) is 8.46. The molecule has 0 aliphatic heterocycles. The van der Waals surface area contributed by atoms with E-state index in [4.69, 9.17) is 11.5 Å². The molecule has 0 aliphatic carbocycles. The zero-order valence-electron chi connectivity index (χ0n) is 10.1. The number of nitrogens with zero attached hydrogens (tertiary/aromatic N) is 2. The molecule has 0 unspecified atom stereocenters. The third-order valence-corrected chi connectivity index (χ3v) is 2.85. The number of nitro benzene ring substituents is 2. The van der Waals surface area contributed by atoms with Gasteiger partial charge in [0.2, 0.25) is 0 Å². The SMILES string of the molecule is Nc1c(-c2cccc([N+](=O)[O-])c2N)cccc1[N+](=O)[O-]. The fraction of sp³-hybridized carbons (Fsp3) is 0. The molecular weight excluding hydrogens is 264 g/mol. The van der Waals surface area contributed by atoms with Crippen molar-refractivity contribution in [1.82, 2.24) is 0 Å². The van der Waals surface area contributed by atoms with E-state index in [1.807, 2.05) is 0 Å². The van der Waals surface area contributed by atoms with Gasteiger partial charge >= 0.3 is 0 Å². The topological polar surface area (TPSA) is 138 Å².